The molecule has 2 aromatic heterocycles. The molecule has 0 atom stereocenters. The lowest BCUT2D eigenvalue weighted by Crippen LogP contribution is -2.18. The molecule has 0 amide bonds. The monoisotopic (exact) mass is 367 g/mol. The van der Waals surface area contributed by atoms with E-state index in [1.807, 2.05) is 26.8 Å². The van der Waals surface area contributed by atoms with Crippen molar-refractivity contribution in [3.63, 3.8) is 0 Å². The van der Waals surface area contributed by atoms with E-state index in [4.69, 9.17) is 5.73 Å². The molecule has 0 fully saturated rings. The maximum absolute atomic E-state index is 9.31. The van der Waals surface area contributed by atoms with E-state index in [2.05, 4.69) is 40.7 Å². The van der Waals surface area contributed by atoms with Crippen molar-refractivity contribution in [3.05, 3.63) is 23.3 Å². The van der Waals surface area contributed by atoms with E-state index in [1.54, 1.807) is 11.6 Å². The first-order valence-electron chi connectivity index (χ1n) is 8.40. The molecule has 1 aliphatic heterocycles. The zero-order valence-electron chi connectivity index (χ0n) is 15.6. The zero-order valence-corrected chi connectivity index (χ0v) is 15.6. The van der Waals surface area contributed by atoms with Gasteiger partial charge in [-0.25, -0.2) is 9.98 Å². The Morgan fingerprint density at radius 3 is 2.78 bits per heavy atom. The van der Waals surface area contributed by atoms with Crippen LogP contribution in [0.1, 0.15) is 32.3 Å². The van der Waals surface area contributed by atoms with E-state index in [9.17, 15) is 5.26 Å². The van der Waals surface area contributed by atoms with Gasteiger partial charge in [0.2, 0.25) is 11.6 Å². The normalized spacial score (nSPS) is 16.0. The summed E-state index contributed by atoms with van der Waals surface area (Å²) in [6.45, 7) is 9.21. The third-order valence-corrected chi connectivity index (χ3v) is 3.77. The van der Waals surface area contributed by atoms with Gasteiger partial charge in [-0.15, -0.1) is 15.3 Å². The molecule has 0 unspecified atom stereocenters. The summed E-state index contributed by atoms with van der Waals surface area (Å²) in [6.07, 6.45) is 1.14. The average Bonchev–Trinajstić information content (AvgIpc) is 3.29. The largest absolute Gasteiger partial charge is 0.403 e. The molecule has 0 spiro atoms. The van der Waals surface area contributed by atoms with Gasteiger partial charge >= 0.3 is 0 Å². The quantitative estimate of drug-likeness (QED) is 0.317. The summed E-state index contributed by atoms with van der Waals surface area (Å²) in [6, 6.07) is 1.97. The Labute approximate surface area is 155 Å². The molecular formula is C16H21N11. The number of aryl methyl sites for hydroxylation is 1. The van der Waals surface area contributed by atoms with Crippen LogP contribution < -0.4 is 11.1 Å². The van der Waals surface area contributed by atoms with Gasteiger partial charge in [-0.1, -0.05) is 20.8 Å². The number of amidine groups is 1. The number of aromatic nitrogens is 4. The molecule has 3 rings (SSSR count). The molecule has 3 heterocycles. The maximum atomic E-state index is 9.31. The highest BCUT2D eigenvalue weighted by atomic mass is 15.5. The first-order valence-corrected chi connectivity index (χ1v) is 8.40. The second-order valence-electron chi connectivity index (χ2n) is 6.94. The van der Waals surface area contributed by atoms with Gasteiger partial charge in [0.1, 0.15) is 17.5 Å². The SMILES string of the molecule is Cc1nc2c(N=NC(=NC3=NCCN3)C(C#N)=CN)c(C(C)(C)C)[nH]n2n1. The molecule has 0 aromatic carbocycles. The fourth-order valence-corrected chi connectivity index (χ4v) is 2.49. The Morgan fingerprint density at radius 1 is 1.41 bits per heavy atom. The smallest absolute Gasteiger partial charge is 0.220 e. The van der Waals surface area contributed by atoms with E-state index in [0.717, 1.165) is 11.9 Å². The summed E-state index contributed by atoms with van der Waals surface area (Å²) in [5.74, 6) is 1.08. The fourth-order valence-electron chi connectivity index (χ4n) is 2.49. The standard InChI is InChI=1S/C16H21N11/c1-9-21-14-11(12(16(2,3)4)26-27(14)25-9)23-24-13(10(7-17)8-18)22-15-19-5-6-20-15/h7,26H,5-6,17H2,1-4H3,(H,19,20). The summed E-state index contributed by atoms with van der Waals surface area (Å²) >= 11 is 0. The topological polar surface area (TPSA) is 157 Å². The number of nitrogens with two attached hydrogens (primary N) is 1. The minimum Gasteiger partial charge on any atom is -0.403 e. The molecule has 0 radical (unpaired) electrons. The van der Waals surface area contributed by atoms with Crippen LogP contribution in [-0.2, 0) is 5.41 Å². The number of aliphatic imine (C=N–C) groups is 2. The Kier molecular flexibility index (Phi) is 4.72. The van der Waals surface area contributed by atoms with Crippen molar-refractivity contribution in [2.24, 2.45) is 25.9 Å². The van der Waals surface area contributed by atoms with Crippen LogP contribution in [0.5, 0.6) is 0 Å². The van der Waals surface area contributed by atoms with E-state index in [-0.39, 0.29) is 16.8 Å². The first kappa shape index (κ1) is 18.2. The number of fused-ring (bicyclic) bond motifs is 1. The summed E-state index contributed by atoms with van der Waals surface area (Å²) in [5, 5.41) is 28.3. The van der Waals surface area contributed by atoms with Crippen LogP contribution in [0.15, 0.2) is 32.0 Å². The lowest BCUT2D eigenvalue weighted by molar-refractivity contribution is 0.557. The van der Waals surface area contributed by atoms with Crippen molar-refractivity contribution in [2.75, 3.05) is 13.1 Å². The number of nitrogens with one attached hydrogen (secondary N) is 2. The third-order valence-electron chi connectivity index (χ3n) is 3.77. The Bertz CT molecular complexity index is 1020. The molecule has 11 heteroatoms. The minimum atomic E-state index is -0.249. The van der Waals surface area contributed by atoms with Gasteiger partial charge in [0.25, 0.3) is 0 Å². The number of azo groups is 1. The lowest BCUT2D eigenvalue weighted by Gasteiger charge is -2.16. The molecule has 0 saturated carbocycles. The highest BCUT2D eigenvalue weighted by Crippen LogP contribution is 2.33. The molecular weight excluding hydrogens is 346 g/mol. The summed E-state index contributed by atoms with van der Waals surface area (Å²) < 4.78 is 1.56. The van der Waals surface area contributed by atoms with Crippen molar-refractivity contribution in [3.8, 4) is 6.07 Å². The fraction of sp³-hybridized carbons (Fsp3) is 0.438. The Morgan fingerprint density at radius 2 is 2.19 bits per heavy atom. The van der Waals surface area contributed by atoms with E-state index >= 15 is 0 Å². The molecule has 0 bridgehead atoms. The molecule has 4 N–H and O–H groups in total. The van der Waals surface area contributed by atoms with Gasteiger partial charge in [0.05, 0.1) is 12.2 Å². The van der Waals surface area contributed by atoms with Crippen LogP contribution in [0.4, 0.5) is 5.69 Å². The zero-order chi connectivity index (χ0) is 19.6. The molecule has 140 valence electrons. The summed E-state index contributed by atoms with van der Waals surface area (Å²) in [7, 11) is 0. The number of rotatable bonds is 2. The number of hydrogen-bond acceptors (Lipinski definition) is 8. The molecule has 1 aliphatic rings. The molecule has 0 aliphatic carbocycles. The molecule has 27 heavy (non-hydrogen) atoms. The number of nitrogens with zero attached hydrogens (tertiary/aromatic N) is 8. The highest BCUT2D eigenvalue weighted by molar-refractivity contribution is 6.08. The van der Waals surface area contributed by atoms with Gasteiger partial charge in [-0.2, -0.15) is 14.9 Å². The van der Waals surface area contributed by atoms with E-state index < -0.39 is 0 Å². The predicted molar refractivity (Wildman–Crippen MR) is 101 cm³/mol. The second-order valence-corrected chi connectivity index (χ2v) is 6.94. The number of H-pyrrole nitrogens is 1. The Balaban J connectivity index is 2.10. The van der Waals surface area contributed by atoms with E-state index in [1.165, 1.54) is 0 Å². The molecule has 0 saturated heterocycles. The van der Waals surface area contributed by atoms with Crippen LogP contribution in [0.3, 0.4) is 0 Å². The van der Waals surface area contributed by atoms with E-state index in [0.29, 0.717) is 36.2 Å². The van der Waals surface area contributed by atoms with Crippen LogP contribution in [0.2, 0.25) is 0 Å². The molecule has 2 aromatic rings. The van der Waals surface area contributed by atoms with Crippen molar-refractivity contribution in [1.82, 2.24) is 25.1 Å². The number of aromatic amines is 1. The van der Waals surface area contributed by atoms with Gasteiger partial charge in [-0.05, 0) is 6.92 Å². The third kappa shape index (κ3) is 3.69. The predicted octanol–water partition coefficient (Wildman–Crippen LogP) is 1.47. The average molecular weight is 367 g/mol. The maximum Gasteiger partial charge on any atom is 0.220 e. The van der Waals surface area contributed by atoms with Crippen LogP contribution in [-0.4, -0.2) is 44.7 Å². The minimum absolute atomic E-state index is 0.0728. The Hall–Kier alpha value is -3.55. The number of nitriles is 1. The van der Waals surface area contributed by atoms with Crippen molar-refractivity contribution >= 4 is 23.1 Å². The second kappa shape index (κ2) is 6.99. The van der Waals surface area contributed by atoms with Crippen molar-refractivity contribution < 1.29 is 0 Å². The highest BCUT2D eigenvalue weighted by Gasteiger charge is 2.25. The van der Waals surface area contributed by atoms with Crippen molar-refractivity contribution in [2.45, 2.75) is 33.1 Å². The summed E-state index contributed by atoms with van der Waals surface area (Å²) in [4.78, 5) is 12.9. The first-order chi connectivity index (χ1) is 12.8. The van der Waals surface area contributed by atoms with Gasteiger partial charge in [-0.3, -0.25) is 5.10 Å². The number of hydrogen-bond donors (Lipinski definition) is 3. The van der Waals surface area contributed by atoms with Gasteiger partial charge in [0, 0.05) is 18.2 Å². The van der Waals surface area contributed by atoms with Gasteiger partial charge < -0.3 is 11.1 Å². The van der Waals surface area contributed by atoms with Gasteiger partial charge in [0.15, 0.2) is 11.5 Å². The van der Waals surface area contributed by atoms with Crippen LogP contribution in [0.25, 0.3) is 5.65 Å². The lowest BCUT2D eigenvalue weighted by atomic mass is 9.91. The van der Waals surface area contributed by atoms with Crippen LogP contribution >= 0.6 is 0 Å². The van der Waals surface area contributed by atoms with Crippen molar-refractivity contribution in [1.29, 1.82) is 5.26 Å². The molecule has 11 nitrogen and oxygen atoms in total. The number of guanidine groups is 1. The summed E-state index contributed by atoms with van der Waals surface area (Å²) in [5.41, 5.74) is 7.28. The van der Waals surface area contributed by atoms with Crippen LogP contribution in [0, 0.1) is 18.3 Å².